The van der Waals surface area contributed by atoms with Crippen LogP contribution in [0.1, 0.15) is 21.6 Å². The number of amides is 1. The Morgan fingerprint density at radius 2 is 2.12 bits per heavy atom. The molecule has 1 heterocycles. The maximum atomic E-state index is 13.3. The van der Waals surface area contributed by atoms with Gasteiger partial charge in [0, 0.05) is 16.8 Å². The molecule has 126 valence electrons. The van der Waals surface area contributed by atoms with Gasteiger partial charge in [-0.2, -0.15) is 5.10 Å². The number of nitrogens with one attached hydrogen (secondary N) is 2. The van der Waals surface area contributed by atoms with Crippen molar-refractivity contribution in [2.75, 3.05) is 12.4 Å². The number of hydrogen-bond donors (Lipinski definition) is 2. The lowest BCUT2D eigenvalue weighted by molar-refractivity contribution is 0.102. The molecule has 2 N–H and O–H groups in total. The van der Waals surface area contributed by atoms with Crippen LogP contribution < -0.4 is 10.1 Å². The highest BCUT2D eigenvalue weighted by atomic mass is 19.1. The molecular formula is C19H16FN3O2. The number of anilines is 1. The maximum Gasteiger partial charge on any atom is 0.273 e. The van der Waals surface area contributed by atoms with E-state index in [1.54, 1.807) is 19.2 Å². The molecule has 1 aromatic heterocycles. The van der Waals surface area contributed by atoms with E-state index in [-0.39, 0.29) is 5.91 Å². The van der Waals surface area contributed by atoms with Crippen molar-refractivity contribution in [1.29, 1.82) is 0 Å². The number of aryl methyl sites for hydroxylation is 1. The predicted octanol–water partition coefficient (Wildman–Crippen LogP) is 3.58. The van der Waals surface area contributed by atoms with Crippen molar-refractivity contribution in [2.24, 2.45) is 0 Å². The number of H-pyrrole nitrogens is 1. The van der Waals surface area contributed by atoms with Gasteiger partial charge in [-0.15, -0.1) is 0 Å². The summed E-state index contributed by atoms with van der Waals surface area (Å²) in [4.78, 5) is 12.5. The standard InChI is InChI=1S/C19H16FN3O2/c1-25-14-6-8-15-11(9-14)5-7-16-17(15)22-23-18(16)19(24)21-13-4-2-3-12(20)10-13/h2-4,6,8-10H,5,7H2,1H3,(H,21,24)(H,22,23). The average molecular weight is 337 g/mol. The normalized spacial score (nSPS) is 12.2. The van der Waals surface area contributed by atoms with Gasteiger partial charge in [-0.1, -0.05) is 6.07 Å². The lowest BCUT2D eigenvalue weighted by Crippen LogP contribution is -2.16. The van der Waals surface area contributed by atoms with Crippen LogP contribution in [0, 0.1) is 5.82 Å². The topological polar surface area (TPSA) is 67.0 Å². The number of fused-ring (bicyclic) bond motifs is 3. The summed E-state index contributed by atoms with van der Waals surface area (Å²) in [5, 5.41) is 9.87. The lowest BCUT2D eigenvalue weighted by Gasteiger charge is -2.17. The van der Waals surface area contributed by atoms with Crippen LogP contribution in [0.5, 0.6) is 5.75 Å². The van der Waals surface area contributed by atoms with E-state index in [4.69, 9.17) is 4.74 Å². The molecule has 4 rings (SSSR count). The Morgan fingerprint density at radius 1 is 1.24 bits per heavy atom. The van der Waals surface area contributed by atoms with Gasteiger partial charge in [0.1, 0.15) is 17.3 Å². The summed E-state index contributed by atoms with van der Waals surface area (Å²) in [6.07, 6.45) is 1.51. The van der Waals surface area contributed by atoms with Crippen LogP contribution in [0.2, 0.25) is 0 Å². The average Bonchev–Trinajstić information content (AvgIpc) is 3.05. The third-order valence-electron chi connectivity index (χ3n) is 4.39. The fourth-order valence-corrected chi connectivity index (χ4v) is 3.17. The number of ether oxygens (including phenoxy) is 1. The van der Waals surface area contributed by atoms with Crippen molar-refractivity contribution in [1.82, 2.24) is 10.2 Å². The summed E-state index contributed by atoms with van der Waals surface area (Å²) in [6, 6.07) is 11.7. The van der Waals surface area contributed by atoms with Crippen molar-refractivity contribution in [2.45, 2.75) is 12.8 Å². The Balaban J connectivity index is 1.66. The van der Waals surface area contributed by atoms with E-state index < -0.39 is 5.82 Å². The zero-order valence-electron chi connectivity index (χ0n) is 13.6. The van der Waals surface area contributed by atoms with Crippen molar-refractivity contribution in [3.8, 4) is 17.0 Å². The minimum Gasteiger partial charge on any atom is -0.497 e. The Hall–Kier alpha value is -3.15. The van der Waals surface area contributed by atoms with Crippen molar-refractivity contribution >= 4 is 11.6 Å². The van der Waals surface area contributed by atoms with Crippen LogP contribution in [-0.4, -0.2) is 23.2 Å². The largest absolute Gasteiger partial charge is 0.497 e. The quantitative estimate of drug-likeness (QED) is 0.768. The fraction of sp³-hybridized carbons (Fsp3) is 0.158. The van der Waals surface area contributed by atoms with Gasteiger partial charge in [-0.25, -0.2) is 4.39 Å². The number of carbonyl (C=O) groups excluding carboxylic acids is 1. The molecule has 0 unspecified atom stereocenters. The van der Waals surface area contributed by atoms with Crippen LogP contribution >= 0.6 is 0 Å². The third kappa shape index (κ3) is 2.76. The number of hydrogen-bond acceptors (Lipinski definition) is 3. The maximum absolute atomic E-state index is 13.3. The second-order valence-electron chi connectivity index (χ2n) is 5.91. The van der Waals surface area contributed by atoms with Crippen molar-refractivity contribution < 1.29 is 13.9 Å². The van der Waals surface area contributed by atoms with Crippen LogP contribution in [0.4, 0.5) is 10.1 Å². The first-order valence-corrected chi connectivity index (χ1v) is 7.97. The molecule has 25 heavy (non-hydrogen) atoms. The minimum atomic E-state index is -0.396. The van der Waals surface area contributed by atoms with Crippen LogP contribution in [-0.2, 0) is 12.8 Å². The van der Waals surface area contributed by atoms with Crippen LogP contribution in [0.25, 0.3) is 11.3 Å². The molecule has 0 spiro atoms. The molecule has 1 amide bonds. The molecule has 5 nitrogen and oxygen atoms in total. The molecule has 6 heteroatoms. The van der Waals surface area contributed by atoms with Gasteiger partial charge in [0.05, 0.1) is 12.8 Å². The van der Waals surface area contributed by atoms with E-state index in [1.807, 2.05) is 18.2 Å². The zero-order chi connectivity index (χ0) is 17.4. The predicted molar refractivity (Wildman–Crippen MR) is 92.3 cm³/mol. The molecule has 3 aromatic rings. The van der Waals surface area contributed by atoms with Crippen molar-refractivity contribution in [3.63, 3.8) is 0 Å². The lowest BCUT2D eigenvalue weighted by atomic mass is 9.89. The first-order valence-electron chi connectivity index (χ1n) is 7.97. The van der Waals surface area contributed by atoms with Gasteiger partial charge < -0.3 is 10.1 Å². The second kappa shape index (κ2) is 6.05. The van der Waals surface area contributed by atoms with Gasteiger partial charge in [0.2, 0.25) is 0 Å². The van der Waals surface area contributed by atoms with E-state index in [1.165, 1.54) is 12.1 Å². The third-order valence-corrected chi connectivity index (χ3v) is 4.39. The highest BCUT2D eigenvalue weighted by molar-refractivity contribution is 6.05. The molecule has 1 aliphatic carbocycles. The van der Waals surface area contributed by atoms with Crippen LogP contribution in [0.3, 0.4) is 0 Å². The SMILES string of the molecule is COc1ccc2c(c1)CCc1c-2n[nH]c1C(=O)Nc1cccc(F)c1. The van der Waals surface area contributed by atoms with E-state index in [9.17, 15) is 9.18 Å². The summed E-state index contributed by atoms with van der Waals surface area (Å²) in [7, 11) is 1.64. The molecule has 0 saturated carbocycles. The van der Waals surface area contributed by atoms with Gasteiger partial charge in [-0.3, -0.25) is 9.89 Å². The number of methoxy groups -OCH3 is 1. The summed E-state index contributed by atoms with van der Waals surface area (Å²) < 4.78 is 18.5. The molecule has 2 aromatic carbocycles. The first-order chi connectivity index (χ1) is 12.2. The van der Waals surface area contributed by atoms with Crippen molar-refractivity contribution in [3.05, 3.63) is 65.1 Å². The Morgan fingerprint density at radius 3 is 2.92 bits per heavy atom. The number of aromatic nitrogens is 2. The number of nitrogens with zero attached hydrogens (tertiary/aromatic N) is 1. The Kier molecular flexibility index (Phi) is 3.72. The van der Waals surface area contributed by atoms with Gasteiger partial charge >= 0.3 is 0 Å². The monoisotopic (exact) mass is 337 g/mol. The summed E-state index contributed by atoms with van der Waals surface area (Å²) in [6.45, 7) is 0. The van der Waals surface area contributed by atoms with E-state index >= 15 is 0 Å². The summed E-state index contributed by atoms with van der Waals surface area (Å²) >= 11 is 0. The molecule has 0 aliphatic heterocycles. The van der Waals surface area contributed by atoms with E-state index in [0.717, 1.165) is 34.6 Å². The number of carbonyl (C=O) groups is 1. The second-order valence-corrected chi connectivity index (χ2v) is 5.91. The molecule has 0 bridgehead atoms. The van der Waals surface area contributed by atoms with E-state index in [0.29, 0.717) is 17.8 Å². The minimum absolute atomic E-state index is 0.323. The Bertz CT molecular complexity index is 965. The number of benzene rings is 2. The molecule has 1 aliphatic rings. The van der Waals surface area contributed by atoms with Gasteiger partial charge in [0.15, 0.2) is 0 Å². The smallest absolute Gasteiger partial charge is 0.273 e. The highest BCUT2D eigenvalue weighted by Gasteiger charge is 2.25. The van der Waals surface area contributed by atoms with E-state index in [2.05, 4.69) is 15.5 Å². The zero-order valence-corrected chi connectivity index (χ0v) is 13.6. The fourth-order valence-electron chi connectivity index (χ4n) is 3.17. The molecule has 0 radical (unpaired) electrons. The number of aromatic amines is 1. The summed E-state index contributed by atoms with van der Waals surface area (Å²) in [5.41, 5.74) is 4.65. The highest BCUT2D eigenvalue weighted by Crippen LogP contribution is 2.35. The van der Waals surface area contributed by atoms with Gasteiger partial charge in [0.25, 0.3) is 5.91 Å². The first kappa shape index (κ1) is 15.4. The number of halogens is 1. The molecular weight excluding hydrogens is 321 g/mol. The van der Waals surface area contributed by atoms with Gasteiger partial charge in [-0.05, 0) is 54.8 Å². The van der Waals surface area contributed by atoms with Crippen LogP contribution in [0.15, 0.2) is 42.5 Å². The number of rotatable bonds is 3. The summed E-state index contributed by atoms with van der Waals surface area (Å²) in [5.74, 6) is 0.0884. The Labute approximate surface area is 143 Å². The molecule has 0 atom stereocenters. The molecule has 0 saturated heterocycles. The molecule has 0 fully saturated rings.